The Morgan fingerprint density at radius 2 is 2.30 bits per heavy atom. The fraction of sp³-hybridized carbons (Fsp3) is 0. The molecule has 0 unspecified atom stereocenters. The van der Waals surface area contributed by atoms with E-state index in [-0.39, 0.29) is 57.2 Å². The van der Waals surface area contributed by atoms with E-state index in [4.69, 9.17) is 0 Å². The first-order valence-electron chi connectivity index (χ1n) is 2.57. The zero-order chi connectivity index (χ0) is 6.69. The van der Waals surface area contributed by atoms with E-state index in [1.165, 1.54) is 6.20 Å². The minimum Gasteiger partial charge on any atom is -0.332 e. The molecule has 1 heterocycles. The van der Waals surface area contributed by atoms with Crippen LogP contribution in [0, 0.1) is 6.92 Å². The average Bonchev–Trinajstić information content (AvgIpc) is 1.90. The number of hydrogen-bond donors (Lipinski definition) is 0. The first-order valence-corrected chi connectivity index (χ1v) is 2.57. The maximum absolute atomic E-state index is 10.5. The molecule has 46 valence electrons. The molecule has 0 atom stereocenters. The molecular formula is C7H6KNO. The molecule has 0 saturated carbocycles. The standard InChI is InChI=1S/C7H6NO.K/c1-6(9)7-3-2-4-8-5-7;/h2-5H,1H2;/q-1;+1. The molecule has 2 nitrogen and oxygen atoms in total. The van der Waals surface area contributed by atoms with E-state index in [0.29, 0.717) is 5.56 Å². The fourth-order valence-corrected chi connectivity index (χ4v) is 0.528. The molecule has 3 heteroatoms. The molecule has 0 amide bonds. The molecule has 0 aliphatic heterocycles. The molecule has 1 aromatic rings. The van der Waals surface area contributed by atoms with Crippen LogP contribution < -0.4 is 51.4 Å². The van der Waals surface area contributed by atoms with Crippen LogP contribution in [0.2, 0.25) is 0 Å². The van der Waals surface area contributed by atoms with Gasteiger partial charge in [-0.25, -0.2) is 0 Å². The van der Waals surface area contributed by atoms with E-state index in [9.17, 15) is 4.79 Å². The molecule has 0 saturated heterocycles. The third-order valence-corrected chi connectivity index (χ3v) is 0.984. The normalized spacial score (nSPS) is 8.00. The number of ketones is 1. The second-order valence-corrected chi connectivity index (χ2v) is 1.66. The molecule has 0 aliphatic carbocycles. The van der Waals surface area contributed by atoms with Crippen LogP contribution in [-0.2, 0) is 0 Å². The van der Waals surface area contributed by atoms with Crippen molar-refractivity contribution in [2.75, 3.05) is 0 Å². The van der Waals surface area contributed by atoms with E-state index >= 15 is 0 Å². The molecule has 0 bridgehead atoms. The Morgan fingerprint density at radius 3 is 2.60 bits per heavy atom. The summed E-state index contributed by atoms with van der Waals surface area (Å²) < 4.78 is 0. The quantitative estimate of drug-likeness (QED) is 0.272. The van der Waals surface area contributed by atoms with Crippen LogP contribution in [0.15, 0.2) is 24.5 Å². The molecular weight excluding hydrogens is 153 g/mol. The van der Waals surface area contributed by atoms with E-state index in [0.717, 1.165) is 0 Å². The first kappa shape index (κ1) is 10.3. The van der Waals surface area contributed by atoms with Gasteiger partial charge in [0.05, 0.1) is 0 Å². The van der Waals surface area contributed by atoms with Crippen LogP contribution >= 0.6 is 0 Å². The van der Waals surface area contributed by atoms with Gasteiger partial charge < -0.3 is 4.79 Å². The van der Waals surface area contributed by atoms with Crippen molar-refractivity contribution in [1.82, 2.24) is 4.98 Å². The van der Waals surface area contributed by atoms with Gasteiger partial charge in [0.1, 0.15) is 0 Å². The van der Waals surface area contributed by atoms with Crippen LogP contribution in [-0.4, -0.2) is 10.8 Å². The summed E-state index contributed by atoms with van der Waals surface area (Å²) in [6, 6.07) is 3.39. The second kappa shape index (κ2) is 5.04. The maximum Gasteiger partial charge on any atom is 1.00 e. The van der Waals surface area contributed by atoms with Crippen molar-refractivity contribution in [3.63, 3.8) is 0 Å². The average molecular weight is 159 g/mol. The number of aromatic nitrogens is 1. The predicted octanol–water partition coefficient (Wildman–Crippen LogP) is -1.90. The second-order valence-electron chi connectivity index (χ2n) is 1.66. The van der Waals surface area contributed by atoms with Gasteiger partial charge in [-0.05, 0) is 6.20 Å². The van der Waals surface area contributed by atoms with Gasteiger partial charge >= 0.3 is 51.4 Å². The van der Waals surface area contributed by atoms with Crippen molar-refractivity contribution in [2.45, 2.75) is 0 Å². The number of carbonyl (C=O) groups is 1. The molecule has 1 aromatic heterocycles. The van der Waals surface area contributed by atoms with E-state index < -0.39 is 0 Å². The van der Waals surface area contributed by atoms with Crippen LogP contribution in [0.4, 0.5) is 0 Å². The number of nitrogens with zero attached hydrogens (tertiary/aromatic N) is 1. The summed E-state index contributed by atoms with van der Waals surface area (Å²) in [5, 5.41) is 0. The third kappa shape index (κ3) is 2.94. The van der Waals surface area contributed by atoms with E-state index in [2.05, 4.69) is 11.9 Å². The van der Waals surface area contributed by atoms with Gasteiger partial charge in [0, 0.05) is 12.0 Å². The number of rotatable bonds is 1. The topological polar surface area (TPSA) is 30.0 Å². The van der Waals surface area contributed by atoms with Gasteiger partial charge in [0.25, 0.3) is 0 Å². The largest absolute Gasteiger partial charge is 1.00 e. The minimum absolute atomic E-state index is 0. The number of pyridine rings is 1. The summed E-state index contributed by atoms with van der Waals surface area (Å²) >= 11 is 0. The van der Waals surface area contributed by atoms with Crippen molar-refractivity contribution < 1.29 is 56.2 Å². The summed E-state index contributed by atoms with van der Waals surface area (Å²) in [4.78, 5) is 14.2. The van der Waals surface area contributed by atoms with Gasteiger partial charge in [0.15, 0.2) is 0 Å². The van der Waals surface area contributed by atoms with Crippen molar-refractivity contribution >= 4 is 5.78 Å². The first-order chi connectivity index (χ1) is 4.30. The summed E-state index contributed by atoms with van der Waals surface area (Å²) in [5.41, 5.74) is 0.553. The van der Waals surface area contributed by atoms with Gasteiger partial charge in [0.2, 0.25) is 0 Å². The molecule has 10 heavy (non-hydrogen) atoms. The van der Waals surface area contributed by atoms with E-state index in [1.807, 2.05) is 0 Å². The Kier molecular flexibility index (Phi) is 5.20. The number of Topliss-reactive ketones (excluding diaryl/α,β-unsaturated/α-hetero) is 1. The SMILES string of the molecule is [CH2-]C(=O)c1cccnc1.[K+]. The van der Waals surface area contributed by atoms with Crippen LogP contribution in [0.1, 0.15) is 10.4 Å². The van der Waals surface area contributed by atoms with Crippen molar-refractivity contribution in [1.29, 1.82) is 0 Å². The van der Waals surface area contributed by atoms with Gasteiger partial charge in [-0.15, -0.1) is 11.6 Å². The fourth-order valence-electron chi connectivity index (χ4n) is 0.528. The van der Waals surface area contributed by atoms with Gasteiger partial charge in [-0.3, -0.25) is 4.98 Å². The van der Waals surface area contributed by atoms with Crippen molar-refractivity contribution in [2.24, 2.45) is 0 Å². The molecule has 0 aromatic carbocycles. The number of hydrogen-bond acceptors (Lipinski definition) is 2. The molecule has 0 N–H and O–H groups in total. The molecule has 0 radical (unpaired) electrons. The van der Waals surface area contributed by atoms with Gasteiger partial charge in [-0.2, -0.15) is 6.92 Å². The van der Waals surface area contributed by atoms with E-state index in [1.54, 1.807) is 18.3 Å². The Labute approximate surface area is 102 Å². The Morgan fingerprint density at radius 1 is 1.60 bits per heavy atom. The molecule has 1 rings (SSSR count). The summed E-state index contributed by atoms with van der Waals surface area (Å²) in [6.07, 6.45) is 3.11. The molecule has 0 spiro atoms. The Balaban J connectivity index is 0.000000810. The monoisotopic (exact) mass is 159 g/mol. The third-order valence-electron chi connectivity index (χ3n) is 0.984. The zero-order valence-electron chi connectivity index (χ0n) is 5.87. The maximum atomic E-state index is 10.5. The number of carbonyl (C=O) groups excluding carboxylic acids is 1. The predicted molar refractivity (Wildman–Crippen MR) is 33.9 cm³/mol. The van der Waals surface area contributed by atoms with Crippen LogP contribution in [0.5, 0.6) is 0 Å². The van der Waals surface area contributed by atoms with Crippen LogP contribution in [0.25, 0.3) is 0 Å². The van der Waals surface area contributed by atoms with Gasteiger partial charge in [-0.1, -0.05) is 6.07 Å². The Bertz CT molecular complexity index is 210. The minimum atomic E-state index is -0.192. The summed E-state index contributed by atoms with van der Waals surface area (Å²) in [5.74, 6) is -0.192. The molecule has 0 aliphatic rings. The summed E-state index contributed by atoms with van der Waals surface area (Å²) in [6.45, 7) is 3.23. The van der Waals surface area contributed by atoms with Crippen LogP contribution in [0.3, 0.4) is 0 Å². The zero-order valence-corrected chi connectivity index (χ0v) is 9.00. The summed E-state index contributed by atoms with van der Waals surface area (Å²) in [7, 11) is 0. The van der Waals surface area contributed by atoms with Crippen molar-refractivity contribution in [3.8, 4) is 0 Å². The Hall–Kier alpha value is 0.326. The smallest absolute Gasteiger partial charge is 0.332 e. The molecule has 0 fully saturated rings. The van der Waals surface area contributed by atoms with Crippen molar-refractivity contribution in [3.05, 3.63) is 37.0 Å².